The third kappa shape index (κ3) is 4.05. The van der Waals surface area contributed by atoms with Gasteiger partial charge in [0, 0.05) is 29.9 Å². The summed E-state index contributed by atoms with van der Waals surface area (Å²) in [7, 11) is 1.56. The molecule has 0 fully saturated rings. The molecule has 0 saturated heterocycles. The molecule has 3 rings (SSSR count). The number of carbonyl (C=O) groups excluding carboxylic acids is 2. The highest BCUT2D eigenvalue weighted by molar-refractivity contribution is 7.17. The van der Waals surface area contributed by atoms with Crippen LogP contribution in [0.4, 0.5) is 5.00 Å². The lowest BCUT2D eigenvalue weighted by atomic mass is 9.95. The Hall–Kier alpha value is -2.25. The van der Waals surface area contributed by atoms with Crippen LogP contribution >= 0.6 is 11.3 Å². The number of aromatic nitrogens is 1. The van der Waals surface area contributed by atoms with E-state index in [1.54, 1.807) is 31.6 Å². The van der Waals surface area contributed by atoms with Gasteiger partial charge in [-0.1, -0.05) is 0 Å². The second kappa shape index (κ2) is 8.22. The van der Waals surface area contributed by atoms with Crippen LogP contribution in [0.25, 0.3) is 0 Å². The molecule has 0 saturated carbocycles. The van der Waals surface area contributed by atoms with Gasteiger partial charge in [-0.3, -0.25) is 9.78 Å². The minimum atomic E-state index is -0.401. The lowest BCUT2D eigenvalue weighted by Crippen LogP contribution is -2.17. The zero-order valence-corrected chi connectivity index (χ0v) is 14.9. The molecule has 0 unspecified atom stereocenters. The Kier molecular flexibility index (Phi) is 5.78. The molecule has 25 heavy (non-hydrogen) atoms. The van der Waals surface area contributed by atoms with E-state index in [2.05, 4.69) is 10.3 Å². The zero-order valence-electron chi connectivity index (χ0n) is 14.0. The lowest BCUT2D eigenvalue weighted by Gasteiger charge is -2.12. The molecule has 2 heterocycles. The van der Waals surface area contributed by atoms with Crippen molar-refractivity contribution in [2.45, 2.75) is 25.7 Å². The summed E-state index contributed by atoms with van der Waals surface area (Å²) >= 11 is 1.47. The van der Waals surface area contributed by atoms with E-state index < -0.39 is 5.97 Å². The van der Waals surface area contributed by atoms with Crippen molar-refractivity contribution in [1.82, 2.24) is 4.98 Å². The van der Waals surface area contributed by atoms with Crippen molar-refractivity contribution in [3.63, 3.8) is 0 Å². The summed E-state index contributed by atoms with van der Waals surface area (Å²) < 4.78 is 10.2. The van der Waals surface area contributed by atoms with E-state index in [0.29, 0.717) is 22.7 Å². The van der Waals surface area contributed by atoms with E-state index >= 15 is 0 Å². The van der Waals surface area contributed by atoms with Gasteiger partial charge in [0.25, 0.3) is 5.91 Å². The molecule has 0 atom stereocenters. The first-order chi connectivity index (χ1) is 12.2. The molecular formula is C18H20N2O4S. The number of ether oxygens (including phenoxy) is 2. The number of hydrogen-bond acceptors (Lipinski definition) is 6. The highest BCUT2D eigenvalue weighted by atomic mass is 32.1. The number of thiophene rings is 1. The molecule has 0 bridgehead atoms. The largest absolute Gasteiger partial charge is 0.460 e. The minimum Gasteiger partial charge on any atom is -0.460 e. The Labute approximate surface area is 150 Å². The standard InChI is InChI=1S/C18H20N2O4S/c1-23-10-11-24-18(22)15-13-4-2-3-5-14(13)25-17(15)20-16(21)12-6-8-19-9-7-12/h6-9H,2-5,10-11H2,1H3,(H,20,21). The Bertz CT molecular complexity index is 758. The van der Waals surface area contributed by atoms with Crippen LogP contribution in [0.15, 0.2) is 24.5 Å². The molecule has 132 valence electrons. The molecule has 6 nitrogen and oxygen atoms in total. The Morgan fingerprint density at radius 2 is 1.96 bits per heavy atom. The molecule has 1 amide bonds. The van der Waals surface area contributed by atoms with E-state index in [9.17, 15) is 9.59 Å². The normalized spacial score (nSPS) is 13.2. The predicted molar refractivity (Wildman–Crippen MR) is 95.3 cm³/mol. The fourth-order valence-electron chi connectivity index (χ4n) is 2.84. The number of anilines is 1. The van der Waals surface area contributed by atoms with Gasteiger partial charge in [0.2, 0.25) is 0 Å². The first-order valence-corrected chi connectivity index (χ1v) is 9.04. The van der Waals surface area contributed by atoms with Gasteiger partial charge in [-0.2, -0.15) is 0 Å². The number of esters is 1. The van der Waals surface area contributed by atoms with Crippen molar-refractivity contribution in [2.24, 2.45) is 0 Å². The SMILES string of the molecule is COCCOC(=O)c1c(NC(=O)c2ccncc2)sc2c1CCCC2. The third-order valence-electron chi connectivity index (χ3n) is 4.07. The Morgan fingerprint density at radius 3 is 2.72 bits per heavy atom. The molecule has 0 aromatic carbocycles. The van der Waals surface area contributed by atoms with Crippen molar-refractivity contribution in [3.05, 3.63) is 46.1 Å². The molecule has 0 aliphatic heterocycles. The number of amides is 1. The van der Waals surface area contributed by atoms with E-state index in [0.717, 1.165) is 36.1 Å². The molecule has 1 aliphatic carbocycles. The molecule has 7 heteroatoms. The third-order valence-corrected chi connectivity index (χ3v) is 5.27. The maximum absolute atomic E-state index is 12.6. The van der Waals surface area contributed by atoms with Crippen LogP contribution in [0.2, 0.25) is 0 Å². The number of carbonyl (C=O) groups is 2. The summed E-state index contributed by atoms with van der Waals surface area (Å²) in [6, 6.07) is 3.28. The summed E-state index contributed by atoms with van der Waals surface area (Å²) in [6.45, 7) is 0.536. The van der Waals surface area contributed by atoms with Crippen molar-refractivity contribution in [1.29, 1.82) is 0 Å². The average molecular weight is 360 g/mol. The van der Waals surface area contributed by atoms with Crippen molar-refractivity contribution in [3.8, 4) is 0 Å². The Balaban J connectivity index is 1.86. The molecule has 1 N–H and O–H groups in total. The minimum absolute atomic E-state index is 0.192. The zero-order chi connectivity index (χ0) is 17.6. The number of methoxy groups -OCH3 is 1. The van der Waals surface area contributed by atoms with Gasteiger partial charge < -0.3 is 14.8 Å². The lowest BCUT2D eigenvalue weighted by molar-refractivity contribution is 0.0388. The number of nitrogens with zero attached hydrogens (tertiary/aromatic N) is 1. The first kappa shape index (κ1) is 17.6. The number of rotatable bonds is 6. The van der Waals surface area contributed by atoms with E-state index in [-0.39, 0.29) is 12.5 Å². The fraction of sp³-hybridized carbons (Fsp3) is 0.389. The van der Waals surface area contributed by atoms with Crippen LogP contribution in [0.3, 0.4) is 0 Å². The molecule has 0 radical (unpaired) electrons. The van der Waals surface area contributed by atoms with E-state index in [4.69, 9.17) is 9.47 Å². The molecule has 2 aromatic heterocycles. The number of aryl methyl sites for hydroxylation is 1. The number of fused-ring (bicyclic) bond motifs is 1. The second-order valence-electron chi connectivity index (χ2n) is 5.73. The molecular weight excluding hydrogens is 340 g/mol. The average Bonchev–Trinajstić information content (AvgIpc) is 3.00. The van der Waals surface area contributed by atoms with Crippen molar-refractivity contribution in [2.75, 3.05) is 25.6 Å². The van der Waals surface area contributed by atoms with Gasteiger partial charge in [-0.25, -0.2) is 4.79 Å². The quantitative estimate of drug-likeness (QED) is 0.633. The van der Waals surface area contributed by atoms with E-state index in [1.807, 2.05) is 0 Å². The predicted octanol–water partition coefficient (Wildman–Crippen LogP) is 3.08. The molecule has 0 spiro atoms. The van der Waals surface area contributed by atoms with Gasteiger partial charge in [0.15, 0.2) is 0 Å². The van der Waals surface area contributed by atoms with Gasteiger partial charge in [0.05, 0.1) is 12.2 Å². The van der Waals surface area contributed by atoms with Crippen LogP contribution in [-0.4, -0.2) is 37.2 Å². The fourth-order valence-corrected chi connectivity index (χ4v) is 4.11. The van der Waals surface area contributed by atoms with Crippen LogP contribution in [0, 0.1) is 0 Å². The summed E-state index contributed by atoms with van der Waals surface area (Å²) in [5, 5.41) is 3.44. The highest BCUT2D eigenvalue weighted by Crippen LogP contribution is 2.38. The van der Waals surface area contributed by atoms with Crippen molar-refractivity contribution >= 4 is 28.2 Å². The number of hydrogen-bond donors (Lipinski definition) is 1. The Morgan fingerprint density at radius 1 is 1.20 bits per heavy atom. The summed E-state index contributed by atoms with van der Waals surface area (Å²) in [6.07, 6.45) is 7.04. The molecule has 1 aliphatic rings. The summed E-state index contributed by atoms with van der Waals surface area (Å²) in [5.74, 6) is -0.659. The maximum atomic E-state index is 12.6. The maximum Gasteiger partial charge on any atom is 0.341 e. The number of pyridine rings is 1. The van der Waals surface area contributed by atoms with E-state index in [1.165, 1.54) is 11.3 Å². The van der Waals surface area contributed by atoms with Crippen LogP contribution in [0.1, 0.15) is 44.0 Å². The first-order valence-electron chi connectivity index (χ1n) is 8.22. The summed E-state index contributed by atoms with van der Waals surface area (Å²) in [4.78, 5) is 30.1. The van der Waals surface area contributed by atoms with Crippen LogP contribution in [0.5, 0.6) is 0 Å². The van der Waals surface area contributed by atoms with Gasteiger partial charge in [-0.05, 0) is 43.4 Å². The van der Waals surface area contributed by atoms with Gasteiger partial charge in [0.1, 0.15) is 11.6 Å². The molecule has 2 aromatic rings. The van der Waals surface area contributed by atoms with Crippen molar-refractivity contribution < 1.29 is 19.1 Å². The number of nitrogens with one attached hydrogen (secondary N) is 1. The second-order valence-corrected chi connectivity index (χ2v) is 6.84. The van der Waals surface area contributed by atoms with Crippen LogP contribution in [-0.2, 0) is 22.3 Å². The topological polar surface area (TPSA) is 77.5 Å². The highest BCUT2D eigenvalue weighted by Gasteiger charge is 2.27. The smallest absolute Gasteiger partial charge is 0.341 e. The monoisotopic (exact) mass is 360 g/mol. The van der Waals surface area contributed by atoms with Gasteiger partial charge >= 0.3 is 5.97 Å². The van der Waals surface area contributed by atoms with Gasteiger partial charge in [-0.15, -0.1) is 11.3 Å². The van der Waals surface area contributed by atoms with Crippen LogP contribution < -0.4 is 5.32 Å². The summed E-state index contributed by atoms with van der Waals surface area (Å²) in [5.41, 5.74) is 2.02.